The molecule has 1 rings (SSSR count). The molecule has 0 saturated heterocycles. The Morgan fingerprint density at radius 1 is 1.19 bits per heavy atom. The van der Waals surface area contributed by atoms with Gasteiger partial charge in [-0.15, -0.1) is 0 Å². The van der Waals surface area contributed by atoms with Crippen molar-refractivity contribution in [1.29, 1.82) is 0 Å². The van der Waals surface area contributed by atoms with Gasteiger partial charge in [0.15, 0.2) is 0 Å². The molecule has 0 heterocycles. The second kappa shape index (κ2) is 7.42. The first-order chi connectivity index (χ1) is 7.77. The van der Waals surface area contributed by atoms with Crippen LogP contribution in [0.3, 0.4) is 0 Å². The zero-order chi connectivity index (χ0) is 11.8. The summed E-state index contributed by atoms with van der Waals surface area (Å²) in [5.74, 6) is 0.428. The highest BCUT2D eigenvalue weighted by atomic mass is 16.5. The van der Waals surface area contributed by atoms with Crippen molar-refractivity contribution >= 4 is 0 Å². The Morgan fingerprint density at radius 3 is 2.44 bits per heavy atom. The van der Waals surface area contributed by atoms with Crippen molar-refractivity contribution in [2.75, 3.05) is 19.8 Å². The van der Waals surface area contributed by atoms with Crippen molar-refractivity contribution in [2.45, 2.75) is 32.6 Å². The van der Waals surface area contributed by atoms with E-state index in [1.54, 1.807) is 0 Å². The Kier molecular flexibility index (Phi) is 6.12. The number of rotatable bonds is 7. The predicted molar refractivity (Wildman–Crippen MR) is 68.7 cm³/mol. The highest BCUT2D eigenvalue weighted by Crippen LogP contribution is 2.18. The molecule has 0 fully saturated rings. The van der Waals surface area contributed by atoms with Crippen LogP contribution in [0.5, 0.6) is 0 Å². The summed E-state index contributed by atoms with van der Waals surface area (Å²) >= 11 is 0. The third-order valence-electron chi connectivity index (χ3n) is 2.79. The molecule has 0 amide bonds. The third kappa shape index (κ3) is 4.33. The van der Waals surface area contributed by atoms with Crippen LogP contribution in [0.4, 0.5) is 0 Å². The average molecular weight is 221 g/mol. The third-order valence-corrected chi connectivity index (χ3v) is 2.79. The van der Waals surface area contributed by atoms with Crippen molar-refractivity contribution in [3.8, 4) is 0 Å². The number of benzene rings is 1. The molecule has 0 saturated carbocycles. The van der Waals surface area contributed by atoms with Crippen molar-refractivity contribution in [3.63, 3.8) is 0 Å². The molecule has 0 aliphatic heterocycles. The molecule has 90 valence electrons. The van der Waals surface area contributed by atoms with Crippen LogP contribution in [-0.2, 0) is 4.74 Å². The van der Waals surface area contributed by atoms with Gasteiger partial charge in [0.05, 0.1) is 0 Å². The lowest BCUT2D eigenvalue weighted by Crippen LogP contribution is -2.15. The smallest absolute Gasteiger partial charge is 0.0472 e. The van der Waals surface area contributed by atoms with E-state index in [-0.39, 0.29) is 0 Å². The molecule has 2 heteroatoms. The fourth-order valence-electron chi connectivity index (χ4n) is 1.73. The normalized spacial score (nSPS) is 12.7. The topological polar surface area (TPSA) is 35.2 Å². The second-order valence-corrected chi connectivity index (χ2v) is 4.24. The van der Waals surface area contributed by atoms with E-state index in [0.29, 0.717) is 12.5 Å². The maximum Gasteiger partial charge on any atom is 0.0472 e. The molecule has 2 nitrogen and oxygen atoms in total. The van der Waals surface area contributed by atoms with E-state index in [0.717, 1.165) is 26.1 Å². The molecule has 0 aromatic heterocycles. The van der Waals surface area contributed by atoms with Crippen molar-refractivity contribution in [2.24, 2.45) is 5.73 Å². The van der Waals surface area contributed by atoms with Gasteiger partial charge < -0.3 is 10.5 Å². The molecular weight excluding hydrogens is 198 g/mol. The minimum Gasteiger partial charge on any atom is -0.381 e. The summed E-state index contributed by atoms with van der Waals surface area (Å²) in [7, 11) is 0. The largest absolute Gasteiger partial charge is 0.381 e. The summed E-state index contributed by atoms with van der Waals surface area (Å²) < 4.78 is 5.50. The van der Waals surface area contributed by atoms with Gasteiger partial charge in [-0.05, 0) is 37.8 Å². The average Bonchev–Trinajstić information content (AvgIpc) is 2.31. The Labute approximate surface area is 98.8 Å². The molecule has 0 bridgehead atoms. The zero-order valence-corrected chi connectivity index (χ0v) is 10.4. The number of nitrogens with two attached hydrogens (primary N) is 1. The number of ether oxygens (including phenoxy) is 1. The molecule has 0 radical (unpaired) electrons. The second-order valence-electron chi connectivity index (χ2n) is 4.24. The fourth-order valence-corrected chi connectivity index (χ4v) is 1.73. The fraction of sp³-hybridized carbons (Fsp3) is 0.571. The van der Waals surface area contributed by atoms with E-state index in [4.69, 9.17) is 10.5 Å². The summed E-state index contributed by atoms with van der Waals surface area (Å²) in [4.78, 5) is 0. The molecule has 0 aliphatic carbocycles. The van der Waals surface area contributed by atoms with Crippen LogP contribution in [0.2, 0.25) is 0 Å². The van der Waals surface area contributed by atoms with Gasteiger partial charge in [-0.1, -0.05) is 36.8 Å². The van der Waals surface area contributed by atoms with Gasteiger partial charge in [-0.2, -0.15) is 0 Å². The van der Waals surface area contributed by atoms with Crippen LogP contribution < -0.4 is 5.73 Å². The van der Waals surface area contributed by atoms with Crippen LogP contribution >= 0.6 is 0 Å². The summed E-state index contributed by atoms with van der Waals surface area (Å²) in [6.45, 7) is 6.58. The van der Waals surface area contributed by atoms with E-state index in [9.17, 15) is 0 Å². The van der Waals surface area contributed by atoms with Gasteiger partial charge in [0.2, 0.25) is 0 Å². The minimum absolute atomic E-state index is 0.428. The van der Waals surface area contributed by atoms with Gasteiger partial charge in [0, 0.05) is 13.2 Å². The molecule has 2 N–H and O–H groups in total. The molecule has 1 aromatic rings. The maximum absolute atomic E-state index is 5.80. The van der Waals surface area contributed by atoms with Gasteiger partial charge >= 0.3 is 0 Å². The van der Waals surface area contributed by atoms with Gasteiger partial charge in [0.25, 0.3) is 0 Å². The van der Waals surface area contributed by atoms with Crippen molar-refractivity contribution < 1.29 is 4.74 Å². The summed E-state index contributed by atoms with van der Waals surface area (Å²) in [5, 5.41) is 0. The maximum atomic E-state index is 5.80. The van der Waals surface area contributed by atoms with Gasteiger partial charge in [0.1, 0.15) is 0 Å². The Hall–Kier alpha value is -0.860. The van der Waals surface area contributed by atoms with Gasteiger partial charge in [-0.3, -0.25) is 0 Å². The SMILES string of the molecule is CCCOCCC(CN)c1ccc(C)cc1. The highest BCUT2D eigenvalue weighted by molar-refractivity contribution is 5.24. The quantitative estimate of drug-likeness (QED) is 0.719. The van der Waals surface area contributed by atoms with E-state index in [1.165, 1.54) is 11.1 Å². The van der Waals surface area contributed by atoms with Crippen LogP contribution in [0, 0.1) is 6.92 Å². The summed E-state index contributed by atoms with van der Waals surface area (Å²) in [6, 6.07) is 8.63. The standard InChI is InChI=1S/C14H23NO/c1-3-9-16-10-8-14(11-15)13-6-4-12(2)5-7-13/h4-7,14H,3,8-11,15H2,1-2H3. The minimum atomic E-state index is 0.428. The van der Waals surface area contributed by atoms with Crippen LogP contribution in [0.15, 0.2) is 24.3 Å². The van der Waals surface area contributed by atoms with Crippen molar-refractivity contribution in [3.05, 3.63) is 35.4 Å². The molecule has 1 aromatic carbocycles. The first-order valence-electron chi connectivity index (χ1n) is 6.12. The first-order valence-corrected chi connectivity index (χ1v) is 6.12. The highest BCUT2D eigenvalue weighted by Gasteiger charge is 2.08. The molecule has 1 atom stereocenters. The Balaban J connectivity index is 2.44. The van der Waals surface area contributed by atoms with Gasteiger partial charge in [-0.25, -0.2) is 0 Å². The molecule has 0 aliphatic rings. The summed E-state index contributed by atoms with van der Waals surface area (Å²) in [6.07, 6.45) is 2.09. The molecule has 1 unspecified atom stereocenters. The van der Waals surface area contributed by atoms with E-state index < -0.39 is 0 Å². The Bertz CT molecular complexity index is 281. The van der Waals surface area contributed by atoms with Crippen LogP contribution in [0.1, 0.15) is 36.8 Å². The molecule has 0 spiro atoms. The van der Waals surface area contributed by atoms with Crippen LogP contribution in [0.25, 0.3) is 0 Å². The Morgan fingerprint density at radius 2 is 1.88 bits per heavy atom. The number of hydrogen-bond donors (Lipinski definition) is 1. The van der Waals surface area contributed by atoms with Crippen LogP contribution in [-0.4, -0.2) is 19.8 Å². The van der Waals surface area contributed by atoms with E-state index in [1.807, 2.05) is 0 Å². The van der Waals surface area contributed by atoms with Crippen molar-refractivity contribution in [1.82, 2.24) is 0 Å². The summed E-state index contributed by atoms with van der Waals surface area (Å²) in [5.41, 5.74) is 8.42. The lowest BCUT2D eigenvalue weighted by Gasteiger charge is -2.15. The zero-order valence-electron chi connectivity index (χ0n) is 10.4. The molecular formula is C14H23NO. The molecule has 16 heavy (non-hydrogen) atoms. The van der Waals surface area contributed by atoms with E-state index in [2.05, 4.69) is 38.1 Å². The monoisotopic (exact) mass is 221 g/mol. The number of hydrogen-bond acceptors (Lipinski definition) is 2. The van der Waals surface area contributed by atoms with E-state index >= 15 is 0 Å². The predicted octanol–water partition coefficient (Wildman–Crippen LogP) is 2.85. The lowest BCUT2D eigenvalue weighted by atomic mass is 9.95. The lowest BCUT2D eigenvalue weighted by molar-refractivity contribution is 0.128. The first kappa shape index (κ1) is 13.2. The number of aryl methyl sites for hydroxylation is 1.